The zero-order valence-corrected chi connectivity index (χ0v) is 17.1. The van der Waals surface area contributed by atoms with Crippen LogP contribution in [0.15, 0.2) is 42.5 Å². The first-order valence-corrected chi connectivity index (χ1v) is 10.1. The molecule has 0 aromatic heterocycles. The molecule has 2 heterocycles. The number of hydrogen-bond donors (Lipinski definition) is 0. The maximum absolute atomic E-state index is 13.1. The number of piperazine rings is 1. The summed E-state index contributed by atoms with van der Waals surface area (Å²) in [5, 5.41) is 1.28. The average molecular weight is 418 g/mol. The molecular weight excluding hydrogens is 397 g/mol. The van der Waals surface area contributed by atoms with Gasteiger partial charge in [-0.1, -0.05) is 41.4 Å². The smallest absolute Gasteiger partial charge is 0.251 e. The van der Waals surface area contributed by atoms with Gasteiger partial charge in [0.25, 0.3) is 5.91 Å². The molecule has 0 unspecified atom stereocenters. The van der Waals surface area contributed by atoms with E-state index in [0.29, 0.717) is 23.8 Å². The van der Waals surface area contributed by atoms with Crippen molar-refractivity contribution in [1.29, 1.82) is 0 Å². The van der Waals surface area contributed by atoms with Crippen molar-refractivity contribution < 1.29 is 9.59 Å². The van der Waals surface area contributed by atoms with Gasteiger partial charge in [0.15, 0.2) is 0 Å². The number of hydrogen-bond acceptors (Lipinski definition) is 4. The van der Waals surface area contributed by atoms with Gasteiger partial charge in [-0.15, -0.1) is 0 Å². The van der Waals surface area contributed by atoms with Crippen LogP contribution in [0.2, 0.25) is 10.0 Å². The van der Waals surface area contributed by atoms with Crippen molar-refractivity contribution in [3.63, 3.8) is 0 Å². The van der Waals surface area contributed by atoms with E-state index in [1.165, 1.54) is 4.90 Å². The molecular formula is C21H21Cl2N3O2. The predicted molar refractivity (Wildman–Crippen MR) is 112 cm³/mol. The summed E-state index contributed by atoms with van der Waals surface area (Å²) in [5.74, 6) is -0.338. The first-order chi connectivity index (χ1) is 13.5. The van der Waals surface area contributed by atoms with Crippen LogP contribution in [0.4, 0.5) is 11.4 Å². The monoisotopic (exact) mass is 417 g/mol. The molecule has 1 atom stereocenters. The molecule has 0 radical (unpaired) electrons. The summed E-state index contributed by atoms with van der Waals surface area (Å²) in [6.07, 6.45) is 0.205. The Labute approximate surface area is 174 Å². The van der Waals surface area contributed by atoms with Crippen LogP contribution in [0.3, 0.4) is 0 Å². The molecule has 28 heavy (non-hydrogen) atoms. The van der Waals surface area contributed by atoms with Gasteiger partial charge in [0, 0.05) is 31.2 Å². The SMILES string of the molecule is Cc1c(Cl)cccc1N1C(=O)C[C@@H](N2CCN(c3ccccc3Cl)CC2)C1=O. The largest absolute Gasteiger partial charge is 0.368 e. The first kappa shape index (κ1) is 19.2. The molecule has 2 amide bonds. The third-order valence-corrected chi connectivity index (χ3v) is 6.28. The second kappa shape index (κ2) is 7.74. The van der Waals surface area contributed by atoms with Crippen molar-refractivity contribution in [2.75, 3.05) is 36.0 Å². The molecule has 0 spiro atoms. The number of benzene rings is 2. The summed E-state index contributed by atoms with van der Waals surface area (Å²) < 4.78 is 0. The van der Waals surface area contributed by atoms with Crippen LogP contribution in [0.5, 0.6) is 0 Å². The third kappa shape index (κ3) is 3.39. The van der Waals surface area contributed by atoms with Gasteiger partial charge in [0.2, 0.25) is 5.91 Å². The Kier molecular flexibility index (Phi) is 5.32. The quantitative estimate of drug-likeness (QED) is 0.713. The molecule has 0 N–H and O–H groups in total. The Bertz CT molecular complexity index is 926. The second-order valence-electron chi connectivity index (χ2n) is 7.15. The molecule has 4 rings (SSSR count). The lowest BCUT2D eigenvalue weighted by atomic mass is 10.1. The number of carbonyl (C=O) groups excluding carboxylic acids is 2. The lowest BCUT2D eigenvalue weighted by Gasteiger charge is -2.38. The van der Waals surface area contributed by atoms with Gasteiger partial charge in [0.05, 0.1) is 28.9 Å². The molecule has 2 aliphatic rings. The molecule has 0 bridgehead atoms. The molecule has 2 saturated heterocycles. The Hall–Kier alpha value is -2.08. The Morgan fingerprint density at radius 3 is 2.21 bits per heavy atom. The minimum Gasteiger partial charge on any atom is -0.368 e. The number of rotatable bonds is 3. The molecule has 7 heteroatoms. The van der Waals surface area contributed by atoms with Crippen LogP contribution in [0.1, 0.15) is 12.0 Å². The lowest BCUT2D eigenvalue weighted by molar-refractivity contribution is -0.123. The van der Waals surface area contributed by atoms with Crippen LogP contribution < -0.4 is 9.80 Å². The van der Waals surface area contributed by atoms with E-state index in [4.69, 9.17) is 23.2 Å². The van der Waals surface area contributed by atoms with Crippen molar-refractivity contribution in [3.8, 4) is 0 Å². The van der Waals surface area contributed by atoms with E-state index >= 15 is 0 Å². The van der Waals surface area contributed by atoms with Gasteiger partial charge < -0.3 is 4.90 Å². The van der Waals surface area contributed by atoms with Gasteiger partial charge in [-0.05, 0) is 36.8 Å². The summed E-state index contributed by atoms with van der Waals surface area (Å²) in [6.45, 7) is 4.76. The highest BCUT2D eigenvalue weighted by atomic mass is 35.5. The Morgan fingerprint density at radius 1 is 0.857 bits per heavy atom. The van der Waals surface area contributed by atoms with Gasteiger partial charge in [-0.2, -0.15) is 0 Å². The highest BCUT2D eigenvalue weighted by molar-refractivity contribution is 6.33. The summed E-state index contributed by atoms with van der Waals surface area (Å²) in [6, 6.07) is 12.7. The van der Waals surface area contributed by atoms with Crippen LogP contribution in [0.25, 0.3) is 0 Å². The standard InChI is InChI=1S/C21H21Cl2N3O2/c1-14-15(22)6-4-8-17(14)26-20(27)13-19(21(26)28)25-11-9-24(10-12-25)18-7-3-2-5-16(18)23/h2-8,19H,9-13H2,1H3/t19-/m1/s1. The zero-order chi connectivity index (χ0) is 19.8. The number of nitrogens with zero attached hydrogens (tertiary/aromatic N) is 3. The van der Waals surface area contributed by atoms with E-state index in [1.807, 2.05) is 31.2 Å². The summed E-state index contributed by atoms with van der Waals surface area (Å²) >= 11 is 12.5. The van der Waals surface area contributed by atoms with E-state index in [1.54, 1.807) is 18.2 Å². The number of halogens is 2. The van der Waals surface area contributed by atoms with Crippen molar-refractivity contribution >= 4 is 46.4 Å². The predicted octanol–water partition coefficient (Wildman–Crippen LogP) is 3.76. The summed E-state index contributed by atoms with van der Waals surface area (Å²) in [4.78, 5) is 31.3. The van der Waals surface area contributed by atoms with Crippen LogP contribution in [-0.2, 0) is 9.59 Å². The molecule has 146 valence electrons. The van der Waals surface area contributed by atoms with Crippen molar-refractivity contribution in [2.45, 2.75) is 19.4 Å². The fourth-order valence-electron chi connectivity index (χ4n) is 3.98. The third-order valence-electron chi connectivity index (χ3n) is 5.55. The van der Waals surface area contributed by atoms with Crippen LogP contribution in [-0.4, -0.2) is 48.9 Å². The molecule has 2 fully saturated rings. The minimum atomic E-state index is -0.417. The van der Waals surface area contributed by atoms with E-state index in [0.717, 1.165) is 29.4 Å². The van der Waals surface area contributed by atoms with E-state index in [-0.39, 0.29) is 18.2 Å². The molecule has 2 aliphatic heterocycles. The van der Waals surface area contributed by atoms with Crippen molar-refractivity contribution in [1.82, 2.24) is 4.90 Å². The Morgan fingerprint density at radius 2 is 1.50 bits per heavy atom. The van der Waals surface area contributed by atoms with E-state index in [9.17, 15) is 9.59 Å². The summed E-state index contributed by atoms with van der Waals surface area (Å²) in [7, 11) is 0. The maximum Gasteiger partial charge on any atom is 0.251 e. The van der Waals surface area contributed by atoms with Gasteiger partial charge in [-0.25, -0.2) is 4.90 Å². The van der Waals surface area contributed by atoms with Gasteiger partial charge in [0.1, 0.15) is 0 Å². The minimum absolute atomic E-state index is 0.165. The molecule has 2 aromatic carbocycles. The average Bonchev–Trinajstić information content (AvgIpc) is 2.99. The highest BCUT2D eigenvalue weighted by Crippen LogP contribution is 2.32. The first-order valence-electron chi connectivity index (χ1n) is 9.33. The second-order valence-corrected chi connectivity index (χ2v) is 7.96. The van der Waals surface area contributed by atoms with Crippen molar-refractivity contribution in [2.24, 2.45) is 0 Å². The van der Waals surface area contributed by atoms with Crippen LogP contribution in [0, 0.1) is 6.92 Å². The van der Waals surface area contributed by atoms with Gasteiger partial charge >= 0.3 is 0 Å². The number of para-hydroxylation sites is 1. The topological polar surface area (TPSA) is 43.9 Å². The van der Waals surface area contributed by atoms with Crippen LogP contribution >= 0.6 is 23.2 Å². The number of carbonyl (C=O) groups is 2. The van der Waals surface area contributed by atoms with E-state index < -0.39 is 6.04 Å². The van der Waals surface area contributed by atoms with Gasteiger partial charge in [-0.3, -0.25) is 14.5 Å². The fourth-order valence-corrected chi connectivity index (χ4v) is 4.40. The fraction of sp³-hybridized carbons (Fsp3) is 0.333. The molecule has 2 aromatic rings. The van der Waals surface area contributed by atoms with Crippen molar-refractivity contribution in [3.05, 3.63) is 58.1 Å². The summed E-state index contributed by atoms with van der Waals surface area (Å²) in [5.41, 5.74) is 2.34. The molecule has 0 aliphatic carbocycles. The normalized spacial score (nSPS) is 20.9. The zero-order valence-electron chi connectivity index (χ0n) is 15.6. The maximum atomic E-state index is 13.1. The van der Waals surface area contributed by atoms with E-state index in [2.05, 4.69) is 9.80 Å². The molecule has 0 saturated carbocycles. The molecule has 5 nitrogen and oxygen atoms in total. The highest BCUT2D eigenvalue weighted by Gasteiger charge is 2.43. The number of anilines is 2. The number of amides is 2. The number of imide groups is 1. The Balaban J connectivity index is 1.48. The lowest BCUT2D eigenvalue weighted by Crippen LogP contribution is -2.52.